The van der Waals surface area contributed by atoms with E-state index in [9.17, 15) is 20.2 Å². The monoisotopic (exact) mass is 705 g/mol. The van der Waals surface area contributed by atoms with Gasteiger partial charge >= 0.3 is 11.9 Å². The van der Waals surface area contributed by atoms with Crippen LogP contribution >= 0.6 is 0 Å². The highest BCUT2D eigenvalue weighted by molar-refractivity contribution is 5.89. The number of aliphatic hydroxyl groups excluding tert-OH is 1. The third-order valence-corrected chi connectivity index (χ3v) is 8.62. The van der Waals surface area contributed by atoms with Crippen molar-refractivity contribution in [3.05, 3.63) is 118 Å². The fourth-order valence-electron chi connectivity index (χ4n) is 6.06. The number of nitrogens with zero attached hydrogens (tertiary/aromatic N) is 3. The first-order valence-corrected chi connectivity index (χ1v) is 16.7. The van der Waals surface area contributed by atoms with Crippen molar-refractivity contribution in [1.82, 2.24) is 0 Å². The van der Waals surface area contributed by atoms with Crippen LogP contribution in [0.1, 0.15) is 41.8 Å². The molecule has 0 aliphatic carbocycles. The number of ether oxygens (including phenoxy) is 8. The highest BCUT2D eigenvalue weighted by atomic mass is 16.7. The van der Waals surface area contributed by atoms with Crippen molar-refractivity contribution < 1.29 is 52.6 Å². The Bertz CT molecular complexity index is 1580. The first-order valence-electron chi connectivity index (χ1n) is 16.7. The van der Waals surface area contributed by atoms with E-state index in [4.69, 9.17) is 37.9 Å². The van der Waals surface area contributed by atoms with Crippen LogP contribution in [0.25, 0.3) is 10.4 Å². The van der Waals surface area contributed by atoms with E-state index in [0.717, 1.165) is 11.1 Å². The average molecular weight is 706 g/mol. The summed E-state index contributed by atoms with van der Waals surface area (Å²) in [5, 5.41) is 15.4. The van der Waals surface area contributed by atoms with Gasteiger partial charge in [-0.05, 0) is 35.2 Å². The summed E-state index contributed by atoms with van der Waals surface area (Å²) in [6, 6.07) is 25.9. The predicted octanol–water partition coefficient (Wildman–Crippen LogP) is 4.88. The topological polar surface area (TPSA) is 177 Å². The third kappa shape index (κ3) is 9.91. The van der Waals surface area contributed by atoms with Crippen molar-refractivity contribution in [2.75, 3.05) is 13.7 Å². The van der Waals surface area contributed by atoms with E-state index in [2.05, 4.69) is 10.0 Å². The van der Waals surface area contributed by atoms with Crippen LogP contribution in [0, 0.1) is 0 Å². The number of rotatable bonds is 15. The summed E-state index contributed by atoms with van der Waals surface area (Å²) in [4.78, 5) is 28.2. The number of benzene rings is 3. The minimum atomic E-state index is -1.38. The maximum absolute atomic E-state index is 13.4. The maximum Gasteiger partial charge on any atom is 0.338 e. The van der Waals surface area contributed by atoms with Crippen LogP contribution in [0.3, 0.4) is 0 Å². The molecule has 2 fully saturated rings. The van der Waals surface area contributed by atoms with Gasteiger partial charge in [0.05, 0.1) is 31.0 Å². The van der Waals surface area contributed by atoms with Crippen LogP contribution in [0.15, 0.2) is 96.1 Å². The van der Waals surface area contributed by atoms with Gasteiger partial charge in [0.1, 0.15) is 37.1 Å². The van der Waals surface area contributed by atoms with Crippen LogP contribution in [0.5, 0.6) is 0 Å². The highest BCUT2D eigenvalue weighted by Crippen LogP contribution is 2.36. The van der Waals surface area contributed by atoms with Crippen LogP contribution in [-0.4, -0.2) is 92.1 Å². The lowest BCUT2D eigenvalue weighted by atomic mass is 9.94. The van der Waals surface area contributed by atoms with E-state index in [1.165, 1.54) is 14.0 Å². The Morgan fingerprint density at radius 1 is 0.804 bits per heavy atom. The van der Waals surface area contributed by atoms with Gasteiger partial charge in [0, 0.05) is 18.9 Å². The van der Waals surface area contributed by atoms with Gasteiger partial charge in [-0.15, -0.1) is 0 Å². The first-order chi connectivity index (χ1) is 24.8. The van der Waals surface area contributed by atoms with Crippen molar-refractivity contribution in [3.63, 3.8) is 0 Å². The van der Waals surface area contributed by atoms with Crippen molar-refractivity contribution in [2.24, 2.45) is 5.11 Å². The highest BCUT2D eigenvalue weighted by Gasteiger charge is 2.53. The summed E-state index contributed by atoms with van der Waals surface area (Å²) in [5.41, 5.74) is 11.6. The molecule has 0 aromatic heterocycles. The average Bonchev–Trinajstić information content (AvgIpc) is 3.16. The summed E-state index contributed by atoms with van der Waals surface area (Å²) in [5.74, 6) is -1.22. The second-order valence-corrected chi connectivity index (χ2v) is 12.1. The zero-order valence-electron chi connectivity index (χ0n) is 28.6. The molecular formula is C37H43N3O11. The molecule has 0 spiro atoms. The number of hydrogen-bond acceptors (Lipinski definition) is 12. The number of carbonyl (C=O) groups excluding carboxylic acids is 2. The molecule has 51 heavy (non-hydrogen) atoms. The molecule has 0 amide bonds. The van der Waals surface area contributed by atoms with Gasteiger partial charge in [0.2, 0.25) is 0 Å². The third-order valence-electron chi connectivity index (χ3n) is 8.62. The van der Waals surface area contributed by atoms with Gasteiger partial charge < -0.3 is 43.0 Å². The van der Waals surface area contributed by atoms with Gasteiger partial charge in [-0.3, -0.25) is 4.79 Å². The van der Waals surface area contributed by atoms with E-state index in [0.29, 0.717) is 12.0 Å². The lowest BCUT2D eigenvalue weighted by Crippen LogP contribution is -2.65. The summed E-state index contributed by atoms with van der Waals surface area (Å²) in [7, 11) is 1.44. The molecule has 2 aliphatic heterocycles. The number of azide groups is 1. The second kappa shape index (κ2) is 18.7. The maximum atomic E-state index is 13.4. The largest absolute Gasteiger partial charge is 0.463 e. The summed E-state index contributed by atoms with van der Waals surface area (Å²) < 4.78 is 48.8. The van der Waals surface area contributed by atoms with E-state index in [1.54, 1.807) is 30.3 Å². The van der Waals surface area contributed by atoms with Gasteiger partial charge in [-0.25, -0.2) is 4.79 Å². The van der Waals surface area contributed by atoms with Crippen molar-refractivity contribution >= 4 is 11.9 Å². The standard InChI is InChI=1S/C37H43N3O11/c1-4-27-31(33(47-21-25-16-10-6-11-17-25)34(37(44-3)48-27)50-35(43)26-18-12-7-13-19-26)51-36-29(39-40-38)32(46-20-24-14-8-5-9-15-24)30(42)28(49-36)22-45-23(2)41/h5-19,27-34,36-37,42H,4,20-22H2,1-3H3/t27?,28?,29?,30-,31-,32-,33+,34?,36-,37+/m0/s1. The molecule has 5 rings (SSSR count). The number of methoxy groups -OCH3 is 1. The van der Waals surface area contributed by atoms with E-state index in [1.807, 2.05) is 67.6 Å². The molecule has 0 bridgehead atoms. The Kier molecular flexibility index (Phi) is 13.9. The molecule has 0 radical (unpaired) electrons. The number of carbonyl (C=O) groups is 2. The van der Waals surface area contributed by atoms with Gasteiger partial charge in [-0.1, -0.05) is 90.9 Å². The molecule has 1 N–H and O–H groups in total. The fourth-order valence-corrected chi connectivity index (χ4v) is 6.06. The molecule has 3 aromatic carbocycles. The molecule has 2 aliphatic rings. The van der Waals surface area contributed by atoms with E-state index < -0.39 is 73.3 Å². The SMILES string of the molecule is CCC1O[C@@H](OC)C(OC(=O)c2ccccc2)[C@H](OCc2ccccc2)[C@H]1O[C@@H]1OC(COC(C)=O)[C@H](O)[C@@H](OCc2ccccc2)C1N=[N+]=[N-]. The summed E-state index contributed by atoms with van der Waals surface area (Å²) in [6.07, 6.45) is -9.47. The normalized spacial score (nSPS) is 29.0. The molecule has 2 saturated heterocycles. The van der Waals surface area contributed by atoms with Crippen LogP contribution in [0.4, 0.5) is 0 Å². The lowest BCUT2D eigenvalue weighted by Gasteiger charge is -2.48. The number of aliphatic hydroxyl groups is 1. The van der Waals surface area contributed by atoms with Gasteiger partial charge in [-0.2, -0.15) is 0 Å². The Morgan fingerprint density at radius 3 is 1.92 bits per heavy atom. The van der Waals surface area contributed by atoms with Gasteiger partial charge in [0.25, 0.3) is 0 Å². The van der Waals surface area contributed by atoms with Crippen LogP contribution in [0.2, 0.25) is 0 Å². The van der Waals surface area contributed by atoms with E-state index in [-0.39, 0.29) is 19.8 Å². The summed E-state index contributed by atoms with van der Waals surface area (Å²) in [6.45, 7) is 2.95. The molecule has 14 heteroatoms. The molecule has 3 aromatic rings. The molecule has 10 atom stereocenters. The second-order valence-electron chi connectivity index (χ2n) is 12.1. The van der Waals surface area contributed by atoms with E-state index >= 15 is 0 Å². The van der Waals surface area contributed by atoms with Crippen LogP contribution < -0.4 is 0 Å². The summed E-state index contributed by atoms with van der Waals surface area (Å²) >= 11 is 0. The zero-order valence-corrected chi connectivity index (χ0v) is 28.6. The Morgan fingerprint density at radius 2 is 1.37 bits per heavy atom. The van der Waals surface area contributed by atoms with Gasteiger partial charge in [0.15, 0.2) is 18.7 Å². The Hall–Kier alpha value is -4.37. The first kappa shape index (κ1) is 37.9. The molecule has 14 nitrogen and oxygen atoms in total. The molecule has 4 unspecified atom stereocenters. The Balaban J connectivity index is 1.49. The number of hydrogen-bond donors (Lipinski definition) is 1. The fraction of sp³-hybridized carbons (Fsp3) is 0.459. The number of esters is 2. The minimum Gasteiger partial charge on any atom is -0.463 e. The lowest BCUT2D eigenvalue weighted by molar-refractivity contribution is -0.346. The smallest absolute Gasteiger partial charge is 0.338 e. The van der Waals surface area contributed by atoms with Crippen molar-refractivity contribution in [1.29, 1.82) is 0 Å². The molecule has 0 saturated carbocycles. The van der Waals surface area contributed by atoms with Crippen LogP contribution in [-0.2, 0) is 55.9 Å². The Labute approximate surface area is 296 Å². The van der Waals surface area contributed by atoms with Crippen molar-refractivity contribution in [2.45, 2.75) is 94.8 Å². The predicted molar refractivity (Wildman–Crippen MR) is 181 cm³/mol. The zero-order chi connectivity index (χ0) is 36.2. The molecule has 272 valence electrons. The molecular weight excluding hydrogens is 662 g/mol. The molecule has 2 heterocycles. The van der Waals surface area contributed by atoms with Crippen molar-refractivity contribution in [3.8, 4) is 0 Å². The quantitative estimate of drug-likeness (QED) is 0.0987. The minimum absolute atomic E-state index is 0.0625.